The van der Waals surface area contributed by atoms with Crippen LogP contribution in [0.2, 0.25) is 0 Å². The molecule has 1 saturated heterocycles. The third kappa shape index (κ3) is 4.51. The van der Waals surface area contributed by atoms with Gasteiger partial charge in [0.15, 0.2) is 11.6 Å². The summed E-state index contributed by atoms with van der Waals surface area (Å²) in [6, 6.07) is 10.3. The van der Waals surface area contributed by atoms with E-state index >= 15 is 0 Å². The van der Waals surface area contributed by atoms with Crippen LogP contribution in [0, 0.1) is 5.82 Å². The highest BCUT2D eigenvalue weighted by Gasteiger charge is 2.30. The normalized spacial score (nSPS) is 15.2. The van der Waals surface area contributed by atoms with Gasteiger partial charge in [-0.1, -0.05) is 0 Å². The highest BCUT2D eigenvalue weighted by atomic mass is 32.2. The summed E-state index contributed by atoms with van der Waals surface area (Å²) in [5.74, 6) is -0.291. The fourth-order valence-electron chi connectivity index (χ4n) is 3.14. The van der Waals surface area contributed by atoms with Crippen LogP contribution in [0.3, 0.4) is 0 Å². The molecule has 156 valence electrons. The Kier molecular flexibility index (Phi) is 6.39. The van der Waals surface area contributed by atoms with Crippen LogP contribution in [0.25, 0.3) is 0 Å². The Balaban J connectivity index is 1.66. The van der Waals surface area contributed by atoms with Gasteiger partial charge in [0.25, 0.3) is 5.91 Å². The largest absolute Gasteiger partial charge is 0.494 e. The number of hydrogen-bond acceptors (Lipinski definition) is 5. The van der Waals surface area contributed by atoms with Gasteiger partial charge in [-0.05, 0) is 49.4 Å². The molecule has 1 fully saturated rings. The standard InChI is InChI=1S/C20H23FN2O5S/c1-3-28-16-5-7-17(8-6-16)29(25,26)23-12-10-22(11-13-23)20(24)15-4-9-19(27-2)18(21)14-15/h4-9,14H,3,10-13H2,1-2H3. The number of carbonyl (C=O) groups is 1. The maximum atomic E-state index is 13.9. The molecule has 0 saturated carbocycles. The summed E-state index contributed by atoms with van der Waals surface area (Å²) < 4.78 is 51.1. The van der Waals surface area contributed by atoms with Crippen molar-refractivity contribution in [1.82, 2.24) is 9.21 Å². The van der Waals surface area contributed by atoms with Gasteiger partial charge in [-0.2, -0.15) is 4.31 Å². The summed E-state index contributed by atoms with van der Waals surface area (Å²) in [6.45, 7) is 3.14. The number of amides is 1. The quantitative estimate of drug-likeness (QED) is 0.715. The molecule has 2 aromatic carbocycles. The second-order valence-corrected chi connectivity index (χ2v) is 8.39. The zero-order chi connectivity index (χ0) is 21.0. The third-order valence-electron chi connectivity index (χ3n) is 4.70. The predicted molar refractivity (Wildman–Crippen MR) is 105 cm³/mol. The number of carbonyl (C=O) groups excluding carboxylic acids is 1. The average Bonchev–Trinajstić information content (AvgIpc) is 2.74. The summed E-state index contributed by atoms with van der Waals surface area (Å²) in [5.41, 5.74) is 0.200. The topological polar surface area (TPSA) is 76.2 Å². The minimum Gasteiger partial charge on any atom is -0.494 e. The third-order valence-corrected chi connectivity index (χ3v) is 6.61. The monoisotopic (exact) mass is 422 g/mol. The minimum absolute atomic E-state index is 0.0628. The van der Waals surface area contributed by atoms with E-state index in [1.807, 2.05) is 6.92 Å². The molecule has 3 rings (SSSR count). The van der Waals surface area contributed by atoms with Gasteiger partial charge < -0.3 is 14.4 Å². The Morgan fingerprint density at radius 2 is 1.72 bits per heavy atom. The van der Waals surface area contributed by atoms with Crippen molar-refractivity contribution >= 4 is 15.9 Å². The number of piperazine rings is 1. The number of benzene rings is 2. The zero-order valence-corrected chi connectivity index (χ0v) is 17.1. The lowest BCUT2D eigenvalue weighted by molar-refractivity contribution is 0.0697. The van der Waals surface area contributed by atoms with Crippen LogP contribution in [0.1, 0.15) is 17.3 Å². The van der Waals surface area contributed by atoms with Gasteiger partial charge in [0.05, 0.1) is 18.6 Å². The number of sulfonamides is 1. The number of hydrogen-bond donors (Lipinski definition) is 0. The van der Waals surface area contributed by atoms with Crippen LogP contribution >= 0.6 is 0 Å². The molecule has 2 aromatic rings. The van der Waals surface area contributed by atoms with E-state index in [9.17, 15) is 17.6 Å². The summed E-state index contributed by atoms with van der Waals surface area (Å²) in [7, 11) is -2.31. The Morgan fingerprint density at radius 1 is 1.07 bits per heavy atom. The second-order valence-electron chi connectivity index (χ2n) is 6.45. The van der Waals surface area contributed by atoms with Crippen LogP contribution in [0.4, 0.5) is 4.39 Å². The first kappa shape index (κ1) is 21.1. The maximum absolute atomic E-state index is 13.9. The van der Waals surface area contributed by atoms with Crippen molar-refractivity contribution in [3.8, 4) is 11.5 Å². The van der Waals surface area contributed by atoms with Gasteiger partial charge in [0.2, 0.25) is 10.0 Å². The maximum Gasteiger partial charge on any atom is 0.254 e. The molecule has 0 aromatic heterocycles. The van der Waals surface area contributed by atoms with E-state index in [4.69, 9.17) is 9.47 Å². The zero-order valence-electron chi connectivity index (χ0n) is 16.3. The van der Waals surface area contributed by atoms with Crippen molar-refractivity contribution in [1.29, 1.82) is 0 Å². The minimum atomic E-state index is -3.66. The Labute approximate surface area is 169 Å². The molecule has 0 unspecified atom stereocenters. The SMILES string of the molecule is CCOc1ccc(S(=O)(=O)N2CCN(C(=O)c3ccc(OC)c(F)c3)CC2)cc1. The lowest BCUT2D eigenvalue weighted by Gasteiger charge is -2.34. The molecule has 1 amide bonds. The lowest BCUT2D eigenvalue weighted by Crippen LogP contribution is -2.50. The lowest BCUT2D eigenvalue weighted by atomic mass is 10.1. The van der Waals surface area contributed by atoms with Gasteiger partial charge >= 0.3 is 0 Å². The fraction of sp³-hybridized carbons (Fsp3) is 0.350. The van der Waals surface area contributed by atoms with Crippen LogP contribution in [0.15, 0.2) is 47.4 Å². The molecule has 0 atom stereocenters. The van der Waals surface area contributed by atoms with Crippen molar-refractivity contribution in [2.45, 2.75) is 11.8 Å². The van der Waals surface area contributed by atoms with Crippen molar-refractivity contribution in [3.63, 3.8) is 0 Å². The Bertz CT molecular complexity index is 971. The average molecular weight is 422 g/mol. The summed E-state index contributed by atoms with van der Waals surface area (Å²) in [4.78, 5) is 14.3. The predicted octanol–water partition coefficient (Wildman–Crippen LogP) is 2.38. The van der Waals surface area contributed by atoms with Crippen LogP contribution < -0.4 is 9.47 Å². The number of rotatable bonds is 6. The molecular weight excluding hydrogens is 399 g/mol. The number of ether oxygens (including phenoxy) is 2. The molecule has 0 spiro atoms. The molecule has 1 aliphatic heterocycles. The molecule has 0 N–H and O–H groups in total. The summed E-state index contributed by atoms with van der Waals surface area (Å²) in [5, 5.41) is 0. The van der Waals surface area contributed by atoms with Crippen molar-refractivity contribution in [3.05, 3.63) is 53.8 Å². The molecule has 29 heavy (non-hydrogen) atoms. The van der Waals surface area contributed by atoms with Gasteiger partial charge in [-0.25, -0.2) is 12.8 Å². The summed E-state index contributed by atoms with van der Waals surface area (Å²) >= 11 is 0. The van der Waals surface area contributed by atoms with Crippen molar-refractivity contribution < 1.29 is 27.1 Å². The molecule has 1 aliphatic rings. The molecule has 7 nitrogen and oxygen atoms in total. The second kappa shape index (κ2) is 8.79. The van der Waals surface area contributed by atoms with E-state index in [1.54, 1.807) is 12.1 Å². The smallest absolute Gasteiger partial charge is 0.254 e. The van der Waals surface area contributed by atoms with E-state index < -0.39 is 15.8 Å². The number of nitrogens with zero attached hydrogens (tertiary/aromatic N) is 2. The van der Waals surface area contributed by atoms with E-state index in [0.29, 0.717) is 12.4 Å². The molecule has 9 heteroatoms. The molecule has 0 bridgehead atoms. The van der Waals surface area contributed by atoms with Gasteiger partial charge in [-0.3, -0.25) is 4.79 Å². The molecule has 1 heterocycles. The fourth-order valence-corrected chi connectivity index (χ4v) is 4.56. The number of methoxy groups -OCH3 is 1. The van der Waals surface area contributed by atoms with E-state index in [2.05, 4.69) is 0 Å². The molecule has 0 aliphatic carbocycles. The van der Waals surface area contributed by atoms with Gasteiger partial charge in [0.1, 0.15) is 5.75 Å². The first-order valence-electron chi connectivity index (χ1n) is 9.22. The highest BCUT2D eigenvalue weighted by Crippen LogP contribution is 2.22. The van der Waals surface area contributed by atoms with Crippen molar-refractivity contribution in [2.75, 3.05) is 39.9 Å². The molecular formula is C20H23FN2O5S. The highest BCUT2D eigenvalue weighted by molar-refractivity contribution is 7.89. The van der Waals surface area contributed by atoms with Gasteiger partial charge in [0, 0.05) is 31.7 Å². The van der Waals surface area contributed by atoms with E-state index in [1.165, 1.54) is 40.6 Å². The van der Waals surface area contributed by atoms with Crippen molar-refractivity contribution in [2.24, 2.45) is 0 Å². The van der Waals surface area contributed by atoms with E-state index in [0.717, 1.165) is 6.07 Å². The van der Waals surface area contributed by atoms with Gasteiger partial charge in [-0.15, -0.1) is 0 Å². The van der Waals surface area contributed by atoms with Crippen LogP contribution in [-0.4, -0.2) is 63.4 Å². The summed E-state index contributed by atoms with van der Waals surface area (Å²) in [6.07, 6.45) is 0. The Morgan fingerprint density at radius 3 is 2.28 bits per heavy atom. The van der Waals surface area contributed by atoms with Crippen LogP contribution in [-0.2, 0) is 10.0 Å². The Hall–Kier alpha value is -2.65. The number of halogens is 1. The first-order valence-corrected chi connectivity index (χ1v) is 10.7. The van der Waals surface area contributed by atoms with Crippen LogP contribution in [0.5, 0.6) is 11.5 Å². The first-order chi connectivity index (χ1) is 13.9. The molecule has 0 radical (unpaired) electrons. The van der Waals surface area contributed by atoms with E-state index in [-0.39, 0.29) is 48.3 Å².